The van der Waals surface area contributed by atoms with Crippen LogP contribution in [-0.4, -0.2) is 48.0 Å². The lowest BCUT2D eigenvalue weighted by atomic mass is 9.98. The summed E-state index contributed by atoms with van der Waals surface area (Å²) in [6.45, 7) is 5.01. The van der Waals surface area contributed by atoms with Crippen molar-refractivity contribution >= 4 is 29.7 Å². The van der Waals surface area contributed by atoms with E-state index >= 15 is 0 Å². The number of rotatable bonds is 3. The molecule has 1 aromatic carbocycles. The van der Waals surface area contributed by atoms with Gasteiger partial charge in [0.15, 0.2) is 0 Å². The molecular weight excluding hydrogens is 356 g/mol. The molecule has 2 aliphatic heterocycles. The molecule has 2 aliphatic rings. The number of nitro benzene ring substituents is 1. The number of hydrogen-bond donors (Lipinski definition) is 1. The van der Waals surface area contributed by atoms with Gasteiger partial charge in [0.25, 0.3) is 11.6 Å². The van der Waals surface area contributed by atoms with Crippen molar-refractivity contribution in [2.75, 3.05) is 31.1 Å². The maximum absolute atomic E-state index is 12.7. The normalized spacial score (nSPS) is 21.2. The number of amides is 1. The van der Waals surface area contributed by atoms with Crippen LogP contribution < -0.4 is 10.6 Å². The fourth-order valence-electron chi connectivity index (χ4n) is 3.70. The number of nitrogens with two attached hydrogens (primary N) is 1. The van der Waals surface area contributed by atoms with Gasteiger partial charge in [-0.05, 0) is 43.7 Å². The predicted octanol–water partition coefficient (Wildman–Crippen LogP) is 2.82. The Balaban J connectivity index is 0.00000243. The number of carbonyl (C=O) groups is 1. The van der Waals surface area contributed by atoms with E-state index in [2.05, 4.69) is 11.8 Å². The molecule has 1 aromatic rings. The lowest BCUT2D eigenvalue weighted by Crippen LogP contribution is -2.45. The van der Waals surface area contributed by atoms with Gasteiger partial charge in [-0.15, -0.1) is 12.4 Å². The fourth-order valence-corrected chi connectivity index (χ4v) is 3.70. The molecule has 2 N–H and O–H groups in total. The molecule has 26 heavy (non-hydrogen) atoms. The second-order valence-corrected chi connectivity index (χ2v) is 7.28. The SMILES string of the molecule is CC1CCN(c2ccc(C(=O)N3CCCC(N)C3)cc2[N+](=O)[O-])CC1.Cl. The van der Waals surface area contributed by atoms with Crippen molar-refractivity contribution in [3.8, 4) is 0 Å². The Hall–Kier alpha value is -1.86. The summed E-state index contributed by atoms with van der Waals surface area (Å²) in [4.78, 5) is 27.6. The summed E-state index contributed by atoms with van der Waals surface area (Å²) in [5.74, 6) is 0.483. The molecule has 144 valence electrons. The summed E-state index contributed by atoms with van der Waals surface area (Å²) in [7, 11) is 0. The van der Waals surface area contributed by atoms with Gasteiger partial charge in [0.05, 0.1) is 4.92 Å². The Labute approximate surface area is 160 Å². The van der Waals surface area contributed by atoms with E-state index < -0.39 is 0 Å². The third kappa shape index (κ3) is 4.45. The number of hydrogen-bond acceptors (Lipinski definition) is 5. The van der Waals surface area contributed by atoms with Crippen molar-refractivity contribution in [2.45, 2.75) is 38.6 Å². The average molecular weight is 383 g/mol. The summed E-state index contributed by atoms with van der Waals surface area (Å²) in [6, 6.07) is 4.85. The van der Waals surface area contributed by atoms with Gasteiger partial charge in [0.1, 0.15) is 5.69 Å². The van der Waals surface area contributed by atoms with E-state index in [1.807, 2.05) is 0 Å². The smallest absolute Gasteiger partial charge is 0.293 e. The summed E-state index contributed by atoms with van der Waals surface area (Å²) in [6.07, 6.45) is 3.85. The van der Waals surface area contributed by atoms with Crippen molar-refractivity contribution in [3.63, 3.8) is 0 Å². The summed E-state index contributed by atoms with van der Waals surface area (Å²) in [5, 5.41) is 11.6. The van der Waals surface area contributed by atoms with Gasteiger partial charge in [-0.2, -0.15) is 0 Å². The zero-order chi connectivity index (χ0) is 18.0. The number of benzene rings is 1. The van der Waals surface area contributed by atoms with E-state index in [0.717, 1.165) is 38.8 Å². The molecular formula is C18H27ClN4O3. The maximum atomic E-state index is 12.7. The number of carbonyl (C=O) groups excluding carboxylic acids is 1. The molecule has 0 aromatic heterocycles. The van der Waals surface area contributed by atoms with Crippen molar-refractivity contribution in [1.82, 2.24) is 4.90 Å². The lowest BCUT2D eigenvalue weighted by molar-refractivity contribution is -0.384. The van der Waals surface area contributed by atoms with Crippen LogP contribution in [0.3, 0.4) is 0 Å². The van der Waals surface area contributed by atoms with Gasteiger partial charge in [0.2, 0.25) is 0 Å². The first-order valence-electron chi connectivity index (χ1n) is 9.04. The van der Waals surface area contributed by atoms with Crippen LogP contribution >= 0.6 is 12.4 Å². The monoisotopic (exact) mass is 382 g/mol. The Bertz CT molecular complexity index is 662. The molecule has 2 heterocycles. The number of nitro groups is 1. The highest BCUT2D eigenvalue weighted by Gasteiger charge is 2.27. The number of halogens is 1. The van der Waals surface area contributed by atoms with Crippen LogP contribution in [0.5, 0.6) is 0 Å². The number of anilines is 1. The van der Waals surface area contributed by atoms with Crippen molar-refractivity contribution in [3.05, 3.63) is 33.9 Å². The third-order valence-electron chi connectivity index (χ3n) is 5.29. The van der Waals surface area contributed by atoms with Gasteiger partial charge in [-0.1, -0.05) is 6.92 Å². The molecule has 1 atom stereocenters. The van der Waals surface area contributed by atoms with Crippen molar-refractivity contribution in [1.29, 1.82) is 0 Å². The Morgan fingerprint density at radius 3 is 2.54 bits per heavy atom. The molecule has 1 amide bonds. The predicted molar refractivity (Wildman–Crippen MR) is 104 cm³/mol. The van der Waals surface area contributed by atoms with Crippen LogP contribution in [0.2, 0.25) is 0 Å². The number of piperidine rings is 2. The summed E-state index contributed by atoms with van der Waals surface area (Å²) in [5.41, 5.74) is 6.94. The molecule has 3 rings (SSSR count). The highest BCUT2D eigenvalue weighted by molar-refractivity contribution is 5.96. The molecule has 0 radical (unpaired) electrons. The molecule has 2 fully saturated rings. The van der Waals surface area contributed by atoms with Crippen LogP contribution in [0.4, 0.5) is 11.4 Å². The minimum Gasteiger partial charge on any atom is -0.366 e. The van der Waals surface area contributed by atoms with Crippen LogP contribution in [0.15, 0.2) is 18.2 Å². The zero-order valence-corrected chi connectivity index (χ0v) is 15.9. The van der Waals surface area contributed by atoms with Gasteiger partial charge in [-0.3, -0.25) is 14.9 Å². The Kier molecular flexibility index (Phi) is 6.83. The Morgan fingerprint density at radius 2 is 1.92 bits per heavy atom. The van der Waals surface area contributed by atoms with Crippen LogP contribution in [0.1, 0.15) is 43.0 Å². The molecule has 0 bridgehead atoms. The highest BCUT2D eigenvalue weighted by Crippen LogP contribution is 2.32. The van der Waals surface area contributed by atoms with Crippen LogP contribution in [-0.2, 0) is 0 Å². The van der Waals surface area contributed by atoms with Gasteiger partial charge >= 0.3 is 0 Å². The van der Waals surface area contributed by atoms with Gasteiger partial charge in [0, 0.05) is 43.9 Å². The third-order valence-corrected chi connectivity index (χ3v) is 5.29. The number of likely N-dealkylation sites (tertiary alicyclic amines) is 1. The quantitative estimate of drug-likeness (QED) is 0.640. The van der Waals surface area contributed by atoms with E-state index in [9.17, 15) is 14.9 Å². The summed E-state index contributed by atoms with van der Waals surface area (Å²) >= 11 is 0. The van der Waals surface area contributed by atoms with Crippen LogP contribution in [0, 0.1) is 16.0 Å². The second-order valence-electron chi connectivity index (χ2n) is 7.28. The molecule has 8 heteroatoms. The van der Waals surface area contributed by atoms with E-state index in [1.165, 1.54) is 6.07 Å². The topological polar surface area (TPSA) is 92.7 Å². The fraction of sp³-hybridized carbons (Fsp3) is 0.611. The first-order chi connectivity index (χ1) is 12.0. The molecule has 0 aliphatic carbocycles. The summed E-state index contributed by atoms with van der Waals surface area (Å²) < 4.78 is 0. The van der Waals surface area contributed by atoms with Gasteiger partial charge in [-0.25, -0.2) is 0 Å². The van der Waals surface area contributed by atoms with E-state index in [4.69, 9.17) is 5.73 Å². The van der Waals surface area contributed by atoms with Gasteiger partial charge < -0.3 is 15.5 Å². The largest absolute Gasteiger partial charge is 0.366 e. The van der Waals surface area contributed by atoms with E-state index in [1.54, 1.807) is 17.0 Å². The number of nitrogens with zero attached hydrogens (tertiary/aromatic N) is 3. The minimum atomic E-state index is -0.383. The zero-order valence-electron chi connectivity index (χ0n) is 15.1. The molecule has 1 unspecified atom stereocenters. The first-order valence-corrected chi connectivity index (χ1v) is 9.04. The van der Waals surface area contributed by atoms with Crippen LogP contribution in [0.25, 0.3) is 0 Å². The minimum absolute atomic E-state index is 0. The maximum Gasteiger partial charge on any atom is 0.293 e. The lowest BCUT2D eigenvalue weighted by Gasteiger charge is -2.32. The Morgan fingerprint density at radius 1 is 1.23 bits per heavy atom. The van der Waals surface area contributed by atoms with E-state index in [-0.39, 0.29) is 35.0 Å². The highest BCUT2D eigenvalue weighted by atomic mass is 35.5. The molecule has 7 nitrogen and oxygen atoms in total. The molecule has 0 spiro atoms. The second kappa shape index (κ2) is 8.68. The van der Waals surface area contributed by atoms with Crippen molar-refractivity contribution < 1.29 is 9.72 Å². The standard InChI is InChI=1S/C18H26N4O3.ClH/c1-13-6-9-20(10-7-13)16-5-4-14(11-17(16)22(24)25)18(23)21-8-2-3-15(19)12-21;/h4-5,11,13,15H,2-3,6-10,12,19H2,1H3;1H. The average Bonchev–Trinajstić information content (AvgIpc) is 2.61. The molecule has 2 saturated heterocycles. The molecule has 0 saturated carbocycles. The first kappa shape index (κ1) is 20.5. The van der Waals surface area contributed by atoms with E-state index in [0.29, 0.717) is 30.3 Å². The van der Waals surface area contributed by atoms with Crippen molar-refractivity contribution in [2.24, 2.45) is 11.7 Å².